The van der Waals surface area contributed by atoms with Crippen molar-refractivity contribution in [2.24, 2.45) is 11.3 Å². The van der Waals surface area contributed by atoms with Crippen molar-refractivity contribution in [3.05, 3.63) is 66.1 Å². The Bertz CT molecular complexity index is 1480. The van der Waals surface area contributed by atoms with E-state index in [0.29, 0.717) is 49.8 Å². The van der Waals surface area contributed by atoms with Crippen molar-refractivity contribution in [2.75, 3.05) is 32.8 Å². The van der Waals surface area contributed by atoms with Crippen molar-refractivity contribution < 1.29 is 29.0 Å². The Morgan fingerprint density at radius 3 is 2.39 bits per heavy atom. The lowest BCUT2D eigenvalue weighted by Gasteiger charge is -2.53. The predicted molar refractivity (Wildman–Crippen MR) is 165 cm³/mol. The average molecular weight is 606 g/mol. The van der Waals surface area contributed by atoms with Gasteiger partial charge in [-0.2, -0.15) is 0 Å². The Kier molecular flexibility index (Phi) is 9.15. The van der Waals surface area contributed by atoms with E-state index >= 15 is 0 Å². The lowest BCUT2D eigenvalue weighted by Crippen LogP contribution is -2.67. The van der Waals surface area contributed by atoms with Crippen LogP contribution in [0.15, 0.2) is 54.7 Å². The highest BCUT2D eigenvalue weighted by Gasteiger charge is 2.51. The van der Waals surface area contributed by atoms with E-state index in [4.69, 9.17) is 14.5 Å². The Labute approximate surface area is 258 Å². The van der Waals surface area contributed by atoms with Crippen LogP contribution in [-0.4, -0.2) is 98.1 Å². The van der Waals surface area contributed by atoms with E-state index < -0.39 is 29.5 Å². The molecule has 5 rings (SSSR count). The molecule has 44 heavy (non-hydrogen) atoms. The van der Waals surface area contributed by atoms with Gasteiger partial charge in [-0.1, -0.05) is 45.0 Å². The molecule has 0 bridgehead atoms. The topological polar surface area (TPSA) is 117 Å². The van der Waals surface area contributed by atoms with Crippen LogP contribution in [0.2, 0.25) is 0 Å². The molecule has 0 aliphatic carbocycles. The van der Waals surface area contributed by atoms with Crippen molar-refractivity contribution in [2.45, 2.75) is 65.8 Å². The van der Waals surface area contributed by atoms with Gasteiger partial charge in [0.1, 0.15) is 18.0 Å². The summed E-state index contributed by atoms with van der Waals surface area (Å²) < 4.78 is 13.4. The van der Waals surface area contributed by atoms with E-state index in [9.17, 15) is 19.5 Å². The second-order valence-electron chi connectivity index (χ2n) is 12.9. The third-order valence-electron chi connectivity index (χ3n) is 8.55. The Morgan fingerprint density at radius 2 is 1.75 bits per heavy atom. The number of para-hydroxylation sites is 1. The second kappa shape index (κ2) is 12.9. The van der Waals surface area contributed by atoms with Gasteiger partial charge in [0.15, 0.2) is 5.69 Å². The number of benzene rings is 1. The Morgan fingerprint density at radius 1 is 1.07 bits per heavy atom. The molecule has 2 saturated heterocycles. The van der Waals surface area contributed by atoms with Gasteiger partial charge in [-0.25, -0.2) is 9.78 Å². The van der Waals surface area contributed by atoms with E-state index in [0.717, 1.165) is 0 Å². The predicted octanol–water partition coefficient (Wildman–Crippen LogP) is 4.41. The van der Waals surface area contributed by atoms with Gasteiger partial charge in [-0.15, -0.1) is 0 Å². The van der Waals surface area contributed by atoms with Crippen LogP contribution >= 0.6 is 0 Å². The van der Waals surface area contributed by atoms with Crippen LogP contribution in [0.3, 0.4) is 0 Å². The summed E-state index contributed by atoms with van der Waals surface area (Å²) >= 11 is 0. The summed E-state index contributed by atoms with van der Waals surface area (Å²) in [6.07, 6.45) is 1.09. The molecule has 3 amide bonds. The summed E-state index contributed by atoms with van der Waals surface area (Å²) in [5, 5.41) is 10.4. The van der Waals surface area contributed by atoms with Gasteiger partial charge in [0.2, 0.25) is 5.91 Å². The molecule has 0 spiro atoms. The molecular formula is C33H43N5O6. The minimum atomic E-state index is -1.10. The molecule has 2 fully saturated rings. The fourth-order valence-electron chi connectivity index (χ4n) is 6.70. The van der Waals surface area contributed by atoms with Gasteiger partial charge in [-0.3, -0.25) is 14.0 Å². The van der Waals surface area contributed by atoms with Crippen LogP contribution in [0.5, 0.6) is 5.75 Å². The number of carboxylic acid groups (broad SMARTS) is 1. The molecule has 3 aromatic rings. The lowest BCUT2D eigenvalue weighted by molar-refractivity contribution is -0.144. The van der Waals surface area contributed by atoms with Crippen LogP contribution < -0.4 is 4.74 Å². The SMILES string of the molecule is CC(C)N(C(=O)c1nc2ccccn2c1COc1ccccc1)[C@H]1C[C@@H](C(=O)N2CCOCC2)CN(C(=O)O)C1C(C)(C)C. The summed E-state index contributed by atoms with van der Waals surface area (Å²) in [6, 6.07) is 13.5. The fraction of sp³-hybridized carbons (Fsp3) is 0.515. The number of morpholine rings is 1. The molecule has 2 aliphatic rings. The first-order chi connectivity index (χ1) is 21.0. The van der Waals surface area contributed by atoms with Crippen LogP contribution in [0.1, 0.15) is 57.2 Å². The number of nitrogens with zero attached hydrogens (tertiary/aromatic N) is 5. The maximum atomic E-state index is 14.7. The average Bonchev–Trinajstić information content (AvgIpc) is 3.38. The minimum absolute atomic E-state index is 0.0780. The largest absolute Gasteiger partial charge is 0.487 e. The smallest absolute Gasteiger partial charge is 0.407 e. The number of fused-ring (bicyclic) bond motifs is 1. The highest BCUT2D eigenvalue weighted by Crippen LogP contribution is 2.39. The van der Waals surface area contributed by atoms with Crippen LogP contribution in [0.25, 0.3) is 5.65 Å². The number of carbonyl (C=O) groups excluding carboxylic acids is 2. The lowest BCUT2D eigenvalue weighted by atomic mass is 9.74. The first kappa shape index (κ1) is 31.3. The fourth-order valence-corrected chi connectivity index (χ4v) is 6.70. The summed E-state index contributed by atoms with van der Waals surface area (Å²) in [7, 11) is 0. The van der Waals surface area contributed by atoms with Gasteiger partial charge in [0, 0.05) is 31.9 Å². The summed E-state index contributed by atoms with van der Waals surface area (Å²) in [4.78, 5) is 50.9. The van der Waals surface area contributed by atoms with E-state index in [1.54, 1.807) is 9.80 Å². The minimum Gasteiger partial charge on any atom is -0.487 e. The Balaban J connectivity index is 1.56. The number of likely N-dealkylation sites (tertiary alicyclic amines) is 1. The quantitative estimate of drug-likeness (QED) is 0.424. The molecular weight excluding hydrogens is 562 g/mol. The molecule has 4 heterocycles. The molecule has 236 valence electrons. The highest BCUT2D eigenvalue weighted by atomic mass is 16.5. The van der Waals surface area contributed by atoms with Crippen molar-refractivity contribution >= 4 is 23.6 Å². The first-order valence-electron chi connectivity index (χ1n) is 15.3. The molecule has 11 heteroatoms. The molecule has 2 aromatic heterocycles. The summed E-state index contributed by atoms with van der Waals surface area (Å²) in [5.41, 5.74) is 0.924. The van der Waals surface area contributed by atoms with Crippen molar-refractivity contribution in [3.8, 4) is 5.75 Å². The zero-order valence-electron chi connectivity index (χ0n) is 26.2. The first-order valence-corrected chi connectivity index (χ1v) is 15.3. The number of hydrogen-bond acceptors (Lipinski definition) is 6. The zero-order chi connectivity index (χ0) is 31.6. The van der Waals surface area contributed by atoms with E-state index in [1.165, 1.54) is 4.90 Å². The standard InChI is InChI=1S/C33H43N5O6/c1-22(2)38(31(40)28-26(21-44-24-11-7-6-8-12-24)36-14-10-9-13-27(36)34-28)25-19-23(30(39)35-15-17-43-18-16-35)20-37(32(41)42)29(25)33(3,4)5/h6-14,22-23,25,29H,15-21H2,1-5H3,(H,41,42)/t23-,25+,29?/m1/s1. The number of carbonyl (C=O) groups is 3. The van der Waals surface area contributed by atoms with Gasteiger partial charge in [0.05, 0.1) is 36.9 Å². The van der Waals surface area contributed by atoms with Crippen LogP contribution in [0.4, 0.5) is 4.79 Å². The number of pyridine rings is 1. The molecule has 2 aliphatic heterocycles. The van der Waals surface area contributed by atoms with Gasteiger partial charge < -0.3 is 29.3 Å². The normalized spacial score (nSPS) is 21.0. The molecule has 3 atom stereocenters. The summed E-state index contributed by atoms with van der Waals surface area (Å²) in [6.45, 7) is 11.8. The van der Waals surface area contributed by atoms with Crippen LogP contribution in [0, 0.1) is 11.3 Å². The third kappa shape index (κ3) is 6.38. The number of piperidine rings is 1. The number of rotatable bonds is 7. The van der Waals surface area contributed by atoms with Crippen molar-refractivity contribution in [1.82, 2.24) is 24.1 Å². The third-order valence-corrected chi connectivity index (χ3v) is 8.55. The molecule has 1 aromatic carbocycles. The molecule has 1 unspecified atom stereocenters. The Hall–Kier alpha value is -4.12. The molecule has 0 radical (unpaired) electrons. The maximum Gasteiger partial charge on any atom is 0.407 e. The number of ether oxygens (including phenoxy) is 2. The van der Waals surface area contributed by atoms with Crippen molar-refractivity contribution in [3.63, 3.8) is 0 Å². The van der Waals surface area contributed by atoms with E-state index in [2.05, 4.69) is 0 Å². The van der Waals surface area contributed by atoms with Crippen LogP contribution in [-0.2, 0) is 16.1 Å². The van der Waals surface area contributed by atoms with E-state index in [-0.39, 0.29) is 36.7 Å². The number of imidazole rings is 1. The number of aromatic nitrogens is 2. The van der Waals surface area contributed by atoms with Crippen molar-refractivity contribution in [1.29, 1.82) is 0 Å². The monoisotopic (exact) mass is 605 g/mol. The molecule has 1 N–H and O–H groups in total. The zero-order valence-corrected chi connectivity index (χ0v) is 26.2. The van der Waals surface area contributed by atoms with E-state index in [1.807, 2.05) is 93.7 Å². The molecule has 11 nitrogen and oxygen atoms in total. The van der Waals surface area contributed by atoms with Gasteiger partial charge in [0.25, 0.3) is 5.91 Å². The van der Waals surface area contributed by atoms with Gasteiger partial charge >= 0.3 is 6.09 Å². The van der Waals surface area contributed by atoms with Gasteiger partial charge in [-0.05, 0) is 49.9 Å². The molecule has 0 saturated carbocycles. The second-order valence-corrected chi connectivity index (χ2v) is 12.9. The summed E-state index contributed by atoms with van der Waals surface area (Å²) in [5.74, 6) is -0.347. The number of hydrogen-bond donors (Lipinski definition) is 1. The highest BCUT2D eigenvalue weighted by molar-refractivity contribution is 5.95. The number of amides is 3. The maximum absolute atomic E-state index is 14.7.